The van der Waals surface area contributed by atoms with Crippen LogP contribution in [-0.2, 0) is 11.3 Å². The van der Waals surface area contributed by atoms with Crippen LogP contribution in [0.15, 0.2) is 59.1 Å². The van der Waals surface area contributed by atoms with Crippen LogP contribution >= 0.6 is 0 Å². The van der Waals surface area contributed by atoms with E-state index in [4.69, 9.17) is 14.0 Å². The summed E-state index contributed by atoms with van der Waals surface area (Å²) in [4.78, 5) is 24.2. The third kappa shape index (κ3) is 5.54. The van der Waals surface area contributed by atoms with Gasteiger partial charge in [-0.15, -0.1) is 0 Å². The van der Waals surface area contributed by atoms with E-state index >= 15 is 0 Å². The molecule has 2 aromatic carbocycles. The summed E-state index contributed by atoms with van der Waals surface area (Å²) in [5, 5.41) is 3.89. The fourth-order valence-electron chi connectivity index (χ4n) is 2.80. The summed E-state index contributed by atoms with van der Waals surface area (Å²) >= 11 is 0. The highest BCUT2D eigenvalue weighted by Gasteiger charge is 2.11. The van der Waals surface area contributed by atoms with Crippen molar-refractivity contribution in [1.29, 1.82) is 0 Å². The maximum Gasteiger partial charge on any atom is 0.338 e. The van der Waals surface area contributed by atoms with Gasteiger partial charge in [0.25, 0.3) is 0 Å². The molecule has 0 aliphatic carbocycles. The first-order chi connectivity index (χ1) is 14.0. The highest BCUT2D eigenvalue weighted by atomic mass is 16.5. The molecule has 0 saturated carbocycles. The lowest BCUT2D eigenvalue weighted by molar-refractivity contribution is 0.0494. The summed E-state index contributed by atoms with van der Waals surface area (Å²) < 4.78 is 16.1. The summed E-state index contributed by atoms with van der Waals surface area (Å²) in [6, 6.07) is 15.8. The number of Topliss-reactive ketones (excluding diaryl/α,β-unsaturated/α-hetero) is 1. The topological polar surface area (TPSA) is 78.6 Å². The molecule has 0 saturated heterocycles. The molecule has 3 rings (SSSR count). The van der Waals surface area contributed by atoms with Crippen LogP contribution < -0.4 is 4.74 Å². The fraction of sp³-hybridized carbons (Fsp3) is 0.261. The van der Waals surface area contributed by atoms with Gasteiger partial charge >= 0.3 is 5.97 Å². The minimum absolute atomic E-state index is 0.0430. The van der Waals surface area contributed by atoms with E-state index in [1.54, 1.807) is 36.4 Å². The smallest absolute Gasteiger partial charge is 0.338 e. The number of benzene rings is 2. The van der Waals surface area contributed by atoms with Crippen molar-refractivity contribution in [2.45, 2.75) is 33.3 Å². The van der Waals surface area contributed by atoms with Gasteiger partial charge in [-0.3, -0.25) is 4.79 Å². The molecule has 0 spiro atoms. The highest BCUT2D eigenvalue weighted by Crippen LogP contribution is 2.18. The average Bonchev–Trinajstić information content (AvgIpc) is 3.07. The predicted octanol–water partition coefficient (Wildman–Crippen LogP) is 4.69. The van der Waals surface area contributed by atoms with E-state index in [2.05, 4.69) is 5.16 Å². The maximum absolute atomic E-state index is 12.1. The summed E-state index contributed by atoms with van der Waals surface area (Å²) in [6.07, 6.45) is 0.823. The second kappa shape index (κ2) is 9.68. The van der Waals surface area contributed by atoms with Gasteiger partial charge in [0.05, 0.1) is 23.4 Å². The molecule has 0 radical (unpaired) electrons. The second-order valence-electron chi connectivity index (χ2n) is 6.64. The average molecular weight is 393 g/mol. The Morgan fingerprint density at radius 2 is 1.69 bits per heavy atom. The molecular weight excluding hydrogens is 370 g/mol. The van der Waals surface area contributed by atoms with Gasteiger partial charge in [-0.25, -0.2) is 4.79 Å². The number of aromatic nitrogens is 1. The van der Waals surface area contributed by atoms with Gasteiger partial charge in [-0.05, 0) is 44.5 Å². The molecular formula is C23H23NO5. The van der Waals surface area contributed by atoms with Crippen LogP contribution in [0.3, 0.4) is 0 Å². The van der Waals surface area contributed by atoms with E-state index in [-0.39, 0.29) is 12.4 Å². The fourth-order valence-corrected chi connectivity index (χ4v) is 2.80. The molecule has 0 amide bonds. The van der Waals surface area contributed by atoms with Crippen LogP contribution in [0.2, 0.25) is 0 Å². The van der Waals surface area contributed by atoms with Gasteiger partial charge in [-0.2, -0.15) is 0 Å². The van der Waals surface area contributed by atoms with E-state index in [0.29, 0.717) is 36.3 Å². The first kappa shape index (κ1) is 20.3. The molecule has 0 unspecified atom stereocenters. The number of aryl methyl sites for hydroxylation is 2. The number of nitrogens with zero attached hydrogens (tertiary/aromatic N) is 1. The van der Waals surface area contributed by atoms with Crippen molar-refractivity contribution < 1.29 is 23.6 Å². The van der Waals surface area contributed by atoms with Crippen LogP contribution in [0.1, 0.15) is 50.6 Å². The molecule has 3 aromatic rings. The van der Waals surface area contributed by atoms with E-state index in [1.807, 2.05) is 32.0 Å². The Hall–Kier alpha value is -3.41. The molecule has 0 bridgehead atoms. The SMILES string of the molecule is Cc1noc(C)c1COc1ccc(C(=O)OCCCC(=O)c2ccccc2)cc1. The van der Waals surface area contributed by atoms with Crippen molar-refractivity contribution in [3.05, 3.63) is 82.7 Å². The van der Waals surface area contributed by atoms with E-state index in [9.17, 15) is 9.59 Å². The van der Waals surface area contributed by atoms with Crippen LogP contribution in [0.5, 0.6) is 5.75 Å². The lowest BCUT2D eigenvalue weighted by Gasteiger charge is -2.08. The number of rotatable bonds is 9. The largest absolute Gasteiger partial charge is 0.489 e. The zero-order valence-corrected chi connectivity index (χ0v) is 16.5. The van der Waals surface area contributed by atoms with Gasteiger partial charge in [0, 0.05) is 12.0 Å². The Bertz CT molecular complexity index is 941. The lowest BCUT2D eigenvalue weighted by Crippen LogP contribution is -2.08. The molecule has 6 heteroatoms. The Balaban J connectivity index is 1.42. The quantitative estimate of drug-likeness (QED) is 0.298. The normalized spacial score (nSPS) is 10.6. The van der Waals surface area contributed by atoms with Crippen molar-refractivity contribution in [3.8, 4) is 5.75 Å². The van der Waals surface area contributed by atoms with Crippen molar-refractivity contribution in [3.63, 3.8) is 0 Å². The van der Waals surface area contributed by atoms with Crippen LogP contribution in [0, 0.1) is 13.8 Å². The van der Waals surface area contributed by atoms with Gasteiger partial charge < -0.3 is 14.0 Å². The number of carbonyl (C=O) groups is 2. The Morgan fingerprint density at radius 3 is 2.34 bits per heavy atom. The van der Waals surface area contributed by atoms with Gasteiger partial charge in [0.2, 0.25) is 0 Å². The van der Waals surface area contributed by atoms with E-state index in [1.165, 1.54) is 0 Å². The summed E-state index contributed by atoms with van der Waals surface area (Å²) in [5.74, 6) is 0.985. The maximum atomic E-state index is 12.1. The van der Waals surface area contributed by atoms with Crippen LogP contribution in [-0.4, -0.2) is 23.5 Å². The second-order valence-corrected chi connectivity index (χ2v) is 6.64. The third-order valence-electron chi connectivity index (χ3n) is 4.53. The lowest BCUT2D eigenvalue weighted by atomic mass is 10.1. The van der Waals surface area contributed by atoms with Crippen molar-refractivity contribution in [2.24, 2.45) is 0 Å². The number of carbonyl (C=O) groups excluding carboxylic acids is 2. The molecule has 0 atom stereocenters. The zero-order valence-electron chi connectivity index (χ0n) is 16.5. The number of ketones is 1. The number of hydrogen-bond acceptors (Lipinski definition) is 6. The minimum Gasteiger partial charge on any atom is -0.489 e. The highest BCUT2D eigenvalue weighted by molar-refractivity contribution is 5.96. The van der Waals surface area contributed by atoms with E-state index in [0.717, 1.165) is 17.0 Å². The monoisotopic (exact) mass is 393 g/mol. The number of esters is 1. The van der Waals surface area contributed by atoms with Gasteiger partial charge in [0.1, 0.15) is 18.1 Å². The van der Waals surface area contributed by atoms with Crippen molar-refractivity contribution in [1.82, 2.24) is 5.16 Å². The molecule has 1 aromatic heterocycles. The molecule has 0 N–H and O–H groups in total. The molecule has 0 aliphatic rings. The first-order valence-electron chi connectivity index (χ1n) is 9.44. The van der Waals surface area contributed by atoms with Crippen LogP contribution in [0.4, 0.5) is 0 Å². The Kier molecular flexibility index (Phi) is 6.79. The zero-order chi connectivity index (χ0) is 20.6. The summed E-state index contributed by atoms with van der Waals surface area (Å²) in [5.41, 5.74) is 2.82. The number of ether oxygens (including phenoxy) is 2. The van der Waals surface area contributed by atoms with Gasteiger partial charge in [-0.1, -0.05) is 35.5 Å². The van der Waals surface area contributed by atoms with E-state index < -0.39 is 5.97 Å². The van der Waals surface area contributed by atoms with Crippen molar-refractivity contribution >= 4 is 11.8 Å². The van der Waals surface area contributed by atoms with Crippen molar-refractivity contribution in [2.75, 3.05) is 6.61 Å². The Morgan fingerprint density at radius 1 is 0.966 bits per heavy atom. The minimum atomic E-state index is -0.422. The van der Waals surface area contributed by atoms with Gasteiger partial charge in [0.15, 0.2) is 5.78 Å². The molecule has 29 heavy (non-hydrogen) atoms. The molecule has 0 aliphatic heterocycles. The standard InChI is InChI=1S/C23H23NO5/c1-16-21(17(2)29-24-16)15-28-20-12-10-19(11-13-20)23(26)27-14-6-9-22(25)18-7-4-3-5-8-18/h3-5,7-8,10-13H,6,9,14-15H2,1-2H3. The molecule has 150 valence electrons. The molecule has 6 nitrogen and oxygen atoms in total. The third-order valence-corrected chi connectivity index (χ3v) is 4.53. The Labute approximate surface area is 169 Å². The molecule has 0 fully saturated rings. The van der Waals surface area contributed by atoms with Crippen LogP contribution in [0.25, 0.3) is 0 Å². The molecule has 1 heterocycles. The predicted molar refractivity (Wildman–Crippen MR) is 107 cm³/mol. The number of hydrogen-bond donors (Lipinski definition) is 0. The summed E-state index contributed by atoms with van der Waals surface area (Å²) in [6.45, 7) is 4.25. The summed E-state index contributed by atoms with van der Waals surface area (Å²) in [7, 11) is 0. The first-order valence-corrected chi connectivity index (χ1v) is 9.44.